The third-order valence-electron chi connectivity index (χ3n) is 6.29. The molecular formula is C29H37N3O. The van der Waals surface area contributed by atoms with E-state index in [1.165, 1.54) is 11.1 Å². The van der Waals surface area contributed by atoms with Crippen LogP contribution in [0, 0.1) is 0 Å². The first-order chi connectivity index (χ1) is 16.0. The van der Waals surface area contributed by atoms with Crippen molar-refractivity contribution in [2.75, 3.05) is 18.1 Å². The summed E-state index contributed by atoms with van der Waals surface area (Å²) in [6.45, 7) is 10.00. The maximum Gasteiger partial charge on any atom is 0.201 e. The number of para-hydroxylation sites is 3. The van der Waals surface area contributed by atoms with E-state index in [1.54, 1.807) is 0 Å². The fourth-order valence-electron chi connectivity index (χ4n) is 3.91. The zero-order valence-electron chi connectivity index (χ0n) is 20.4. The number of nitrogens with zero attached hydrogens (tertiary/aromatic N) is 2. The van der Waals surface area contributed by atoms with Crippen LogP contribution in [0.3, 0.4) is 0 Å². The standard InChI is InChI=1S/C29H37N3O/c1-5-22(3)25-16-10-12-18-27(25)31-29(30)32(20-21-33-24-14-8-7-9-15-24)28-19-13-11-17-26(28)23(4)6-2/h7-19,22-23H,5-6,20-21H2,1-4H3,(H2,30,31). The highest BCUT2D eigenvalue weighted by Gasteiger charge is 2.18. The Morgan fingerprint density at radius 1 is 0.818 bits per heavy atom. The van der Waals surface area contributed by atoms with E-state index < -0.39 is 0 Å². The quantitative estimate of drug-likeness (QED) is 0.265. The molecule has 0 heterocycles. The second-order valence-electron chi connectivity index (χ2n) is 8.52. The van der Waals surface area contributed by atoms with Gasteiger partial charge in [-0.05, 0) is 60.1 Å². The molecule has 0 spiro atoms. The highest BCUT2D eigenvalue weighted by molar-refractivity contribution is 5.97. The average Bonchev–Trinajstić information content (AvgIpc) is 2.86. The van der Waals surface area contributed by atoms with Crippen LogP contribution in [0.15, 0.2) is 83.9 Å². The lowest BCUT2D eigenvalue weighted by molar-refractivity contribution is 0.328. The van der Waals surface area contributed by atoms with Crippen LogP contribution in [-0.2, 0) is 0 Å². The molecule has 0 amide bonds. The van der Waals surface area contributed by atoms with Gasteiger partial charge in [0.1, 0.15) is 12.4 Å². The van der Waals surface area contributed by atoms with Crippen LogP contribution < -0.4 is 15.4 Å². The van der Waals surface area contributed by atoms with E-state index in [-0.39, 0.29) is 0 Å². The number of nitrogens with two attached hydrogens (primary N) is 1. The van der Waals surface area contributed by atoms with Gasteiger partial charge in [-0.25, -0.2) is 4.99 Å². The highest BCUT2D eigenvalue weighted by Crippen LogP contribution is 2.32. The molecule has 0 aromatic heterocycles. The SMILES string of the molecule is CCC(C)c1ccccc1N=C(N)N(CCOc1ccccc1)c1ccccc1C(C)CC. The van der Waals surface area contributed by atoms with Gasteiger partial charge in [-0.15, -0.1) is 0 Å². The summed E-state index contributed by atoms with van der Waals surface area (Å²) in [5, 5.41) is 0. The molecule has 3 aromatic rings. The molecule has 0 aliphatic rings. The molecule has 2 unspecified atom stereocenters. The fourth-order valence-corrected chi connectivity index (χ4v) is 3.91. The molecule has 3 rings (SSSR count). The summed E-state index contributed by atoms with van der Waals surface area (Å²) in [5.74, 6) is 2.17. The van der Waals surface area contributed by atoms with Gasteiger partial charge in [0.25, 0.3) is 0 Å². The first kappa shape index (κ1) is 24.4. The van der Waals surface area contributed by atoms with Crippen LogP contribution in [0.25, 0.3) is 0 Å². The summed E-state index contributed by atoms with van der Waals surface area (Å²) in [5.41, 5.74) is 11.2. The molecule has 0 aliphatic heterocycles. The topological polar surface area (TPSA) is 50.8 Å². The molecule has 4 nitrogen and oxygen atoms in total. The Labute approximate surface area is 199 Å². The van der Waals surface area contributed by atoms with Gasteiger partial charge in [-0.3, -0.25) is 0 Å². The lowest BCUT2D eigenvalue weighted by Gasteiger charge is -2.28. The molecule has 0 radical (unpaired) electrons. The maximum absolute atomic E-state index is 6.70. The summed E-state index contributed by atoms with van der Waals surface area (Å²) in [6.07, 6.45) is 2.11. The molecule has 2 atom stereocenters. The van der Waals surface area contributed by atoms with Crippen LogP contribution >= 0.6 is 0 Å². The van der Waals surface area contributed by atoms with Crippen molar-refractivity contribution in [1.82, 2.24) is 0 Å². The lowest BCUT2D eigenvalue weighted by Crippen LogP contribution is -2.40. The van der Waals surface area contributed by atoms with Gasteiger partial charge in [-0.2, -0.15) is 0 Å². The summed E-state index contributed by atoms with van der Waals surface area (Å²) in [4.78, 5) is 7.02. The van der Waals surface area contributed by atoms with Gasteiger partial charge in [-0.1, -0.05) is 82.3 Å². The summed E-state index contributed by atoms with van der Waals surface area (Å²) >= 11 is 0. The molecule has 0 aliphatic carbocycles. The first-order valence-corrected chi connectivity index (χ1v) is 12.0. The van der Waals surface area contributed by atoms with Crippen molar-refractivity contribution >= 4 is 17.3 Å². The van der Waals surface area contributed by atoms with Gasteiger partial charge < -0.3 is 15.4 Å². The van der Waals surface area contributed by atoms with Crippen molar-refractivity contribution in [2.45, 2.75) is 52.4 Å². The predicted octanol–water partition coefficient (Wildman–Crippen LogP) is 7.25. The van der Waals surface area contributed by atoms with Crippen molar-refractivity contribution in [3.63, 3.8) is 0 Å². The Kier molecular flexibility index (Phi) is 8.94. The van der Waals surface area contributed by atoms with Crippen LogP contribution in [0.4, 0.5) is 11.4 Å². The highest BCUT2D eigenvalue weighted by atomic mass is 16.5. The molecular weight excluding hydrogens is 406 g/mol. The fraction of sp³-hybridized carbons (Fsp3) is 0.345. The van der Waals surface area contributed by atoms with E-state index in [9.17, 15) is 0 Å². The molecule has 4 heteroatoms. The molecule has 0 bridgehead atoms. The number of rotatable bonds is 10. The number of guanidine groups is 1. The Bertz CT molecular complexity index is 1030. The minimum absolute atomic E-state index is 0.416. The van der Waals surface area contributed by atoms with E-state index in [2.05, 4.69) is 69.0 Å². The monoisotopic (exact) mass is 443 g/mol. The zero-order chi connectivity index (χ0) is 23.6. The molecule has 3 aromatic carbocycles. The maximum atomic E-state index is 6.70. The van der Waals surface area contributed by atoms with Crippen LogP contribution in [0.2, 0.25) is 0 Å². The largest absolute Gasteiger partial charge is 0.492 e. The van der Waals surface area contributed by atoms with E-state index >= 15 is 0 Å². The molecule has 33 heavy (non-hydrogen) atoms. The minimum atomic E-state index is 0.416. The molecule has 0 saturated heterocycles. The van der Waals surface area contributed by atoms with Crippen LogP contribution in [0.5, 0.6) is 5.75 Å². The van der Waals surface area contributed by atoms with Gasteiger partial charge in [0.2, 0.25) is 5.96 Å². The van der Waals surface area contributed by atoms with Gasteiger partial charge in [0.05, 0.1) is 12.2 Å². The van der Waals surface area contributed by atoms with Crippen molar-refractivity contribution in [3.05, 3.63) is 90.0 Å². The predicted molar refractivity (Wildman–Crippen MR) is 141 cm³/mol. The average molecular weight is 444 g/mol. The number of benzene rings is 3. The Balaban J connectivity index is 1.96. The van der Waals surface area contributed by atoms with Gasteiger partial charge >= 0.3 is 0 Å². The first-order valence-electron chi connectivity index (χ1n) is 12.0. The second kappa shape index (κ2) is 12.1. The van der Waals surface area contributed by atoms with Gasteiger partial charge in [0.15, 0.2) is 0 Å². The van der Waals surface area contributed by atoms with Crippen molar-refractivity contribution in [1.29, 1.82) is 0 Å². The Morgan fingerprint density at radius 3 is 2.09 bits per heavy atom. The van der Waals surface area contributed by atoms with Crippen molar-refractivity contribution in [3.8, 4) is 5.75 Å². The van der Waals surface area contributed by atoms with E-state index in [4.69, 9.17) is 15.5 Å². The number of aliphatic imine (C=N–C) groups is 1. The van der Waals surface area contributed by atoms with Crippen molar-refractivity contribution in [2.24, 2.45) is 10.7 Å². The minimum Gasteiger partial charge on any atom is -0.492 e. The lowest BCUT2D eigenvalue weighted by atomic mass is 9.96. The summed E-state index contributed by atoms with van der Waals surface area (Å²) in [6, 6.07) is 26.7. The summed E-state index contributed by atoms with van der Waals surface area (Å²) < 4.78 is 6.01. The summed E-state index contributed by atoms with van der Waals surface area (Å²) in [7, 11) is 0. The second-order valence-corrected chi connectivity index (χ2v) is 8.52. The smallest absolute Gasteiger partial charge is 0.201 e. The van der Waals surface area contributed by atoms with E-state index in [0.717, 1.165) is 30.0 Å². The molecule has 2 N–H and O–H groups in total. The third-order valence-corrected chi connectivity index (χ3v) is 6.29. The van der Waals surface area contributed by atoms with Crippen LogP contribution in [0.1, 0.15) is 63.5 Å². The normalized spacial score (nSPS) is 13.4. The Morgan fingerprint density at radius 2 is 1.39 bits per heavy atom. The molecule has 174 valence electrons. The number of hydrogen-bond acceptors (Lipinski definition) is 2. The van der Waals surface area contributed by atoms with Gasteiger partial charge in [0, 0.05) is 5.69 Å². The number of hydrogen-bond donors (Lipinski definition) is 1. The van der Waals surface area contributed by atoms with Crippen LogP contribution in [-0.4, -0.2) is 19.1 Å². The number of anilines is 1. The number of ether oxygens (including phenoxy) is 1. The Hall–Kier alpha value is -3.27. The van der Waals surface area contributed by atoms with E-state index in [1.807, 2.05) is 42.5 Å². The molecule has 0 fully saturated rings. The van der Waals surface area contributed by atoms with Crippen molar-refractivity contribution < 1.29 is 4.74 Å². The molecule has 0 saturated carbocycles. The van der Waals surface area contributed by atoms with E-state index in [0.29, 0.717) is 30.9 Å². The third kappa shape index (κ3) is 6.38. The zero-order valence-corrected chi connectivity index (χ0v) is 20.4.